The highest BCUT2D eigenvalue weighted by Crippen LogP contribution is 2.35. The second-order valence-electron chi connectivity index (χ2n) is 6.63. The first kappa shape index (κ1) is 23.0. The average Bonchev–Trinajstić information content (AvgIpc) is 3.11. The van der Waals surface area contributed by atoms with Gasteiger partial charge in [0.2, 0.25) is 0 Å². The van der Waals surface area contributed by atoms with Crippen molar-refractivity contribution in [2.75, 3.05) is 38.8 Å². The number of nitrogens with one attached hydrogen (secondary N) is 1. The van der Waals surface area contributed by atoms with Crippen LogP contribution in [0.3, 0.4) is 0 Å². The second-order valence-corrected chi connectivity index (χ2v) is 6.63. The monoisotopic (exact) mass is 432 g/mol. The highest BCUT2D eigenvalue weighted by Gasteiger charge is 2.31. The van der Waals surface area contributed by atoms with Gasteiger partial charge in [-0.2, -0.15) is 0 Å². The Morgan fingerprint density at radius 2 is 1.77 bits per heavy atom. The number of nitrogens with zero attached hydrogens (tertiary/aromatic N) is 2. The Hall–Kier alpha value is -3.26. The molecule has 160 valence electrons. The van der Waals surface area contributed by atoms with E-state index in [1.54, 1.807) is 29.0 Å². The van der Waals surface area contributed by atoms with E-state index in [2.05, 4.69) is 4.74 Å². The van der Waals surface area contributed by atoms with Crippen molar-refractivity contribution in [2.45, 2.75) is 6.42 Å². The predicted molar refractivity (Wildman–Crippen MR) is 118 cm³/mol. The molecule has 0 aromatic heterocycles. The molecule has 0 bridgehead atoms. The molecule has 2 aromatic carbocycles. The average molecular weight is 433 g/mol. The molecule has 0 radical (unpaired) electrons. The molecule has 3 rings (SSSR count). The molecule has 0 spiro atoms. The number of amides is 2. The maximum atomic E-state index is 12.7. The van der Waals surface area contributed by atoms with Crippen LogP contribution < -0.4 is 15.4 Å². The molecular formula is C21H25ClN4O4. The van der Waals surface area contributed by atoms with E-state index in [0.29, 0.717) is 36.6 Å². The zero-order chi connectivity index (χ0) is 21.0. The number of ether oxygens (including phenoxy) is 2. The summed E-state index contributed by atoms with van der Waals surface area (Å²) >= 11 is 0. The number of methoxy groups -OCH3 is 2. The number of benzene rings is 2. The summed E-state index contributed by atoms with van der Waals surface area (Å²) in [6.45, 7) is 1.38. The maximum Gasteiger partial charge on any atom is 0.324 e. The zero-order valence-corrected chi connectivity index (χ0v) is 17.7. The van der Waals surface area contributed by atoms with Crippen LogP contribution >= 0.6 is 12.4 Å². The largest absolute Gasteiger partial charge is 0.495 e. The number of esters is 1. The Kier molecular flexibility index (Phi) is 7.66. The number of urea groups is 1. The van der Waals surface area contributed by atoms with E-state index in [1.165, 1.54) is 7.11 Å². The van der Waals surface area contributed by atoms with Gasteiger partial charge >= 0.3 is 12.0 Å². The Morgan fingerprint density at radius 3 is 2.37 bits per heavy atom. The number of amidine groups is 1. The SMILES string of the molecule is COC(=O)CCN1CCN(c2ccc(-c3ccc(C(=N)N)cc3)cc2OC)C1=O.Cl. The van der Waals surface area contributed by atoms with Crippen LogP contribution in [0.25, 0.3) is 11.1 Å². The first-order valence-corrected chi connectivity index (χ1v) is 9.20. The minimum atomic E-state index is -0.339. The summed E-state index contributed by atoms with van der Waals surface area (Å²) in [4.78, 5) is 27.4. The van der Waals surface area contributed by atoms with Crippen LogP contribution in [0.15, 0.2) is 42.5 Å². The standard InChI is InChI=1S/C21H24N4O4.ClH/c1-28-18-13-16(14-3-5-15(6-4-14)20(22)23)7-8-17(18)25-12-11-24(21(25)27)10-9-19(26)29-2;/h3-8,13H,9-12H2,1-2H3,(H3,22,23);1H. The molecule has 30 heavy (non-hydrogen) atoms. The number of anilines is 1. The number of halogens is 1. The number of nitrogens with two attached hydrogens (primary N) is 1. The van der Waals surface area contributed by atoms with E-state index < -0.39 is 0 Å². The molecule has 1 saturated heterocycles. The first-order valence-electron chi connectivity index (χ1n) is 9.20. The Bertz CT molecular complexity index is 933. The summed E-state index contributed by atoms with van der Waals surface area (Å²) in [5.74, 6) is 0.268. The molecule has 1 heterocycles. The molecule has 1 aliphatic rings. The number of rotatable bonds is 7. The number of carbonyl (C=O) groups excluding carboxylic acids is 2. The van der Waals surface area contributed by atoms with Crippen molar-refractivity contribution in [3.05, 3.63) is 48.0 Å². The topological polar surface area (TPSA) is 109 Å². The summed E-state index contributed by atoms with van der Waals surface area (Å²) < 4.78 is 10.2. The lowest BCUT2D eigenvalue weighted by Gasteiger charge is -2.21. The van der Waals surface area contributed by atoms with E-state index in [9.17, 15) is 9.59 Å². The van der Waals surface area contributed by atoms with Gasteiger partial charge < -0.3 is 20.1 Å². The van der Waals surface area contributed by atoms with Gasteiger partial charge in [0, 0.05) is 25.2 Å². The fourth-order valence-corrected chi connectivity index (χ4v) is 3.26. The summed E-state index contributed by atoms with van der Waals surface area (Å²) in [6.07, 6.45) is 0.169. The molecule has 9 heteroatoms. The van der Waals surface area contributed by atoms with Crippen molar-refractivity contribution >= 4 is 35.9 Å². The zero-order valence-electron chi connectivity index (χ0n) is 16.9. The molecule has 3 N–H and O–H groups in total. The molecule has 1 aliphatic heterocycles. The van der Waals surface area contributed by atoms with Crippen LogP contribution in [0.1, 0.15) is 12.0 Å². The van der Waals surface area contributed by atoms with Gasteiger partial charge in [0.25, 0.3) is 0 Å². The number of hydrogen-bond acceptors (Lipinski definition) is 5. The van der Waals surface area contributed by atoms with Crippen LogP contribution in [-0.2, 0) is 9.53 Å². The van der Waals surface area contributed by atoms with Crippen LogP contribution in [-0.4, -0.2) is 56.6 Å². The van der Waals surface area contributed by atoms with Crippen LogP contribution in [0, 0.1) is 5.41 Å². The van der Waals surface area contributed by atoms with Gasteiger partial charge in [-0.15, -0.1) is 12.4 Å². The van der Waals surface area contributed by atoms with E-state index >= 15 is 0 Å². The van der Waals surface area contributed by atoms with E-state index in [-0.39, 0.29) is 36.7 Å². The van der Waals surface area contributed by atoms with Gasteiger partial charge in [-0.25, -0.2) is 4.79 Å². The van der Waals surface area contributed by atoms with Gasteiger partial charge in [-0.05, 0) is 23.3 Å². The van der Waals surface area contributed by atoms with Crippen LogP contribution in [0.2, 0.25) is 0 Å². The summed E-state index contributed by atoms with van der Waals surface area (Å²) in [7, 11) is 2.90. The highest BCUT2D eigenvalue weighted by atomic mass is 35.5. The minimum absolute atomic E-state index is 0. The van der Waals surface area contributed by atoms with Gasteiger partial charge in [0.15, 0.2) is 0 Å². The van der Waals surface area contributed by atoms with Crippen molar-refractivity contribution in [2.24, 2.45) is 5.73 Å². The lowest BCUT2D eigenvalue weighted by atomic mass is 10.0. The fraction of sp³-hybridized carbons (Fsp3) is 0.286. The van der Waals surface area contributed by atoms with Crippen molar-refractivity contribution in [1.29, 1.82) is 5.41 Å². The van der Waals surface area contributed by atoms with Crippen molar-refractivity contribution in [3.63, 3.8) is 0 Å². The van der Waals surface area contributed by atoms with Crippen LogP contribution in [0.5, 0.6) is 5.75 Å². The molecule has 2 aromatic rings. The first-order chi connectivity index (χ1) is 13.9. The second kappa shape index (κ2) is 9.98. The smallest absolute Gasteiger partial charge is 0.324 e. The highest BCUT2D eigenvalue weighted by molar-refractivity contribution is 5.97. The lowest BCUT2D eigenvalue weighted by Crippen LogP contribution is -2.33. The van der Waals surface area contributed by atoms with E-state index in [1.807, 2.05) is 30.3 Å². The third-order valence-electron chi connectivity index (χ3n) is 4.91. The summed E-state index contributed by atoms with van der Waals surface area (Å²) in [6, 6.07) is 12.9. The molecule has 0 atom stereocenters. The van der Waals surface area contributed by atoms with Crippen molar-refractivity contribution in [3.8, 4) is 16.9 Å². The van der Waals surface area contributed by atoms with Crippen molar-refractivity contribution < 1.29 is 19.1 Å². The third-order valence-corrected chi connectivity index (χ3v) is 4.91. The number of hydrogen-bond donors (Lipinski definition) is 2. The molecule has 1 fully saturated rings. The number of nitrogen functional groups attached to an aromatic ring is 1. The molecule has 8 nitrogen and oxygen atoms in total. The molecular weight excluding hydrogens is 408 g/mol. The lowest BCUT2D eigenvalue weighted by molar-refractivity contribution is -0.140. The summed E-state index contributed by atoms with van der Waals surface area (Å²) in [5.41, 5.74) is 8.72. The Labute approximate surface area is 181 Å². The van der Waals surface area contributed by atoms with Gasteiger partial charge in [-0.1, -0.05) is 30.3 Å². The van der Waals surface area contributed by atoms with Crippen LogP contribution in [0.4, 0.5) is 10.5 Å². The molecule has 0 saturated carbocycles. The quantitative estimate of drug-likeness (QED) is 0.397. The van der Waals surface area contributed by atoms with Gasteiger partial charge in [-0.3, -0.25) is 15.1 Å². The molecule has 0 unspecified atom stereocenters. The van der Waals surface area contributed by atoms with Crippen molar-refractivity contribution in [1.82, 2.24) is 4.90 Å². The van der Waals surface area contributed by atoms with E-state index in [0.717, 1.165) is 11.1 Å². The minimum Gasteiger partial charge on any atom is -0.495 e. The molecule has 2 amide bonds. The number of carbonyl (C=O) groups is 2. The Balaban J connectivity index is 0.00000320. The summed E-state index contributed by atoms with van der Waals surface area (Å²) in [5, 5.41) is 7.49. The molecule has 0 aliphatic carbocycles. The predicted octanol–water partition coefficient (Wildman–Crippen LogP) is 2.87. The van der Waals surface area contributed by atoms with Gasteiger partial charge in [0.05, 0.1) is 26.3 Å². The maximum absolute atomic E-state index is 12.7. The third kappa shape index (κ3) is 4.83. The Morgan fingerprint density at radius 1 is 1.10 bits per heavy atom. The van der Waals surface area contributed by atoms with Gasteiger partial charge in [0.1, 0.15) is 11.6 Å². The normalized spacial score (nSPS) is 13.1. The fourth-order valence-electron chi connectivity index (χ4n) is 3.26. The van der Waals surface area contributed by atoms with E-state index in [4.69, 9.17) is 15.9 Å².